The van der Waals surface area contributed by atoms with Crippen LogP contribution in [0.2, 0.25) is 5.02 Å². The van der Waals surface area contributed by atoms with E-state index in [1.54, 1.807) is 0 Å². The van der Waals surface area contributed by atoms with Crippen LogP contribution >= 0.6 is 27.5 Å². The Balaban J connectivity index is 2.09. The quantitative estimate of drug-likeness (QED) is 0.522. The Morgan fingerprint density at radius 3 is 2.71 bits per heavy atom. The topological polar surface area (TPSA) is 51.2 Å². The van der Waals surface area contributed by atoms with Crippen molar-refractivity contribution in [3.05, 3.63) is 68.8 Å². The van der Waals surface area contributed by atoms with Gasteiger partial charge in [0, 0.05) is 9.86 Å². The van der Waals surface area contributed by atoms with Gasteiger partial charge in [0.1, 0.15) is 11.8 Å². The van der Waals surface area contributed by atoms with E-state index in [1.807, 2.05) is 49.4 Å². The Morgan fingerprint density at radius 1 is 1.24 bits per heavy atom. The number of furan rings is 1. The summed E-state index contributed by atoms with van der Waals surface area (Å²) in [6.45, 7) is 2.04. The smallest absolute Gasteiger partial charge is 0.152 e. The molecule has 5 heteroatoms. The lowest BCUT2D eigenvalue weighted by Gasteiger charge is -2.14. The lowest BCUT2D eigenvalue weighted by atomic mass is 10.0. The number of nitrogens with one attached hydrogen (secondary N) is 1. The summed E-state index contributed by atoms with van der Waals surface area (Å²) in [5.41, 5.74) is 5.67. The molecule has 108 valence electrons. The van der Waals surface area contributed by atoms with E-state index in [2.05, 4.69) is 21.4 Å². The van der Waals surface area contributed by atoms with E-state index in [1.165, 1.54) is 5.56 Å². The van der Waals surface area contributed by atoms with Gasteiger partial charge in [-0.15, -0.1) is 0 Å². The molecule has 0 amide bonds. The van der Waals surface area contributed by atoms with Crippen LogP contribution in [0.15, 0.2) is 51.4 Å². The first-order chi connectivity index (χ1) is 10.1. The predicted molar refractivity (Wildman–Crippen MR) is 89.3 cm³/mol. The van der Waals surface area contributed by atoms with Gasteiger partial charge >= 0.3 is 0 Å². The van der Waals surface area contributed by atoms with Crippen LogP contribution in [0.4, 0.5) is 0 Å². The molecule has 1 aromatic heterocycles. The van der Waals surface area contributed by atoms with E-state index in [0.29, 0.717) is 10.6 Å². The number of benzene rings is 2. The van der Waals surface area contributed by atoms with Crippen LogP contribution in [0, 0.1) is 6.92 Å². The van der Waals surface area contributed by atoms with Gasteiger partial charge in [-0.3, -0.25) is 5.84 Å². The highest BCUT2D eigenvalue weighted by Crippen LogP contribution is 2.32. The fourth-order valence-electron chi connectivity index (χ4n) is 2.32. The molecule has 0 aliphatic carbocycles. The molecule has 0 saturated carbocycles. The summed E-state index contributed by atoms with van der Waals surface area (Å²) in [5, 5.41) is 1.56. The van der Waals surface area contributed by atoms with Gasteiger partial charge in [0.05, 0.1) is 5.02 Å². The third-order valence-electron chi connectivity index (χ3n) is 3.50. The van der Waals surface area contributed by atoms with Crippen molar-refractivity contribution in [3.8, 4) is 0 Å². The number of hydrazine groups is 1. The minimum Gasteiger partial charge on any atom is -0.457 e. The van der Waals surface area contributed by atoms with Crippen LogP contribution in [0.1, 0.15) is 22.9 Å². The molecule has 3 N–H and O–H groups in total. The molecule has 2 aromatic carbocycles. The van der Waals surface area contributed by atoms with Crippen molar-refractivity contribution in [2.75, 3.05) is 0 Å². The zero-order chi connectivity index (χ0) is 15.0. The maximum atomic E-state index is 6.16. The molecule has 0 aliphatic heterocycles. The third-order valence-corrected chi connectivity index (χ3v) is 4.65. The minimum atomic E-state index is -0.231. The molecule has 0 saturated heterocycles. The number of para-hydroxylation sites is 1. The molecule has 3 aromatic rings. The number of nitrogens with two attached hydrogens (primary N) is 1. The fourth-order valence-corrected chi connectivity index (χ4v) is 2.94. The zero-order valence-corrected chi connectivity index (χ0v) is 13.7. The van der Waals surface area contributed by atoms with Gasteiger partial charge in [-0.1, -0.05) is 51.8 Å². The first kappa shape index (κ1) is 14.6. The van der Waals surface area contributed by atoms with Crippen molar-refractivity contribution in [1.29, 1.82) is 0 Å². The molecule has 3 nitrogen and oxygen atoms in total. The maximum absolute atomic E-state index is 6.16. The molecule has 1 atom stereocenters. The first-order valence-corrected chi connectivity index (χ1v) is 7.67. The molecule has 1 unspecified atom stereocenters. The molecule has 21 heavy (non-hydrogen) atoms. The molecule has 0 aliphatic rings. The van der Waals surface area contributed by atoms with E-state index in [0.717, 1.165) is 21.2 Å². The normalized spacial score (nSPS) is 12.8. The summed E-state index contributed by atoms with van der Waals surface area (Å²) < 4.78 is 6.92. The summed E-state index contributed by atoms with van der Waals surface area (Å²) in [5.74, 6) is 6.46. The van der Waals surface area contributed by atoms with E-state index in [4.69, 9.17) is 21.9 Å². The second kappa shape index (κ2) is 5.81. The monoisotopic (exact) mass is 364 g/mol. The molecule has 0 fully saturated rings. The molecule has 0 radical (unpaired) electrons. The van der Waals surface area contributed by atoms with Crippen molar-refractivity contribution in [1.82, 2.24) is 5.43 Å². The second-order valence-electron chi connectivity index (χ2n) is 4.92. The van der Waals surface area contributed by atoms with Gasteiger partial charge in [-0.25, -0.2) is 5.43 Å². The van der Waals surface area contributed by atoms with E-state index in [-0.39, 0.29) is 6.04 Å². The summed E-state index contributed by atoms with van der Waals surface area (Å²) in [7, 11) is 0. The van der Waals surface area contributed by atoms with Gasteiger partial charge in [0.15, 0.2) is 5.58 Å². The zero-order valence-electron chi connectivity index (χ0n) is 11.4. The number of aryl methyl sites for hydroxylation is 1. The van der Waals surface area contributed by atoms with Crippen molar-refractivity contribution in [2.24, 2.45) is 5.84 Å². The van der Waals surface area contributed by atoms with E-state index < -0.39 is 0 Å². The summed E-state index contributed by atoms with van der Waals surface area (Å²) >= 11 is 9.70. The number of fused-ring (bicyclic) bond motifs is 1. The Bertz CT molecular complexity index is 800. The second-order valence-corrected chi connectivity index (χ2v) is 6.18. The fraction of sp³-hybridized carbons (Fsp3) is 0.125. The highest BCUT2D eigenvalue weighted by atomic mass is 79.9. The number of hydrogen-bond acceptors (Lipinski definition) is 3. The molecule has 1 heterocycles. The van der Waals surface area contributed by atoms with Gasteiger partial charge in [-0.05, 0) is 36.2 Å². The van der Waals surface area contributed by atoms with E-state index in [9.17, 15) is 0 Å². The molecule has 0 spiro atoms. The Morgan fingerprint density at radius 2 is 2.05 bits per heavy atom. The molecule has 3 rings (SSSR count). The van der Waals surface area contributed by atoms with Crippen LogP contribution in [0.5, 0.6) is 0 Å². The average Bonchev–Trinajstić information content (AvgIpc) is 2.89. The molecular weight excluding hydrogens is 352 g/mol. The SMILES string of the molecule is Cc1ccc(C(NN)c2cc3cccc(Cl)c3o2)cc1Br. The van der Waals surface area contributed by atoms with E-state index >= 15 is 0 Å². The molecule has 0 bridgehead atoms. The van der Waals surface area contributed by atoms with Crippen molar-refractivity contribution >= 4 is 38.5 Å². The maximum Gasteiger partial charge on any atom is 0.152 e. The van der Waals surface area contributed by atoms with Gasteiger partial charge in [-0.2, -0.15) is 0 Å². The van der Waals surface area contributed by atoms with Crippen LogP contribution in [0.25, 0.3) is 11.0 Å². The van der Waals surface area contributed by atoms with Gasteiger partial charge in [0.2, 0.25) is 0 Å². The van der Waals surface area contributed by atoms with Crippen LogP contribution < -0.4 is 11.3 Å². The Hall–Kier alpha value is -1.33. The van der Waals surface area contributed by atoms with Gasteiger partial charge < -0.3 is 4.42 Å². The lowest BCUT2D eigenvalue weighted by molar-refractivity contribution is 0.477. The lowest BCUT2D eigenvalue weighted by Crippen LogP contribution is -2.28. The summed E-state index contributed by atoms with van der Waals surface area (Å²) in [4.78, 5) is 0. The predicted octanol–water partition coefficient (Wildman–Crippen LogP) is 4.71. The largest absolute Gasteiger partial charge is 0.457 e. The first-order valence-electron chi connectivity index (χ1n) is 6.50. The van der Waals surface area contributed by atoms with Crippen LogP contribution in [-0.2, 0) is 0 Å². The standard InChI is InChI=1S/C16H14BrClN2O/c1-9-5-6-10(7-12(9)17)15(20-19)14-8-11-3-2-4-13(18)16(11)21-14/h2-8,15,20H,19H2,1H3. The van der Waals surface area contributed by atoms with Crippen molar-refractivity contribution in [2.45, 2.75) is 13.0 Å². The number of halogens is 2. The molecular formula is C16H14BrClN2O. The third kappa shape index (κ3) is 2.72. The van der Waals surface area contributed by atoms with Crippen LogP contribution in [0.3, 0.4) is 0 Å². The highest BCUT2D eigenvalue weighted by molar-refractivity contribution is 9.10. The highest BCUT2D eigenvalue weighted by Gasteiger charge is 2.18. The van der Waals surface area contributed by atoms with Crippen molar-refractivity contribution in [3.63, 3.8) is 0 Å². The van der Waals surface area contributed by atoms with Gasteiger partial charge in [0.25, 0.3) is 0 Å². The summed E-state index contributed by atoms with van der Waals surface area (Å²) in [6.07, 6.45) is 0. The van der Waals surface area contributed by atoms with Crippen molar-refractivity contribution < 1.29 is 4.42 Å². The summed E-state index contributed by atoms with van der Waals surface area (Å²) in [6, 6.07) is 13.5. The van der Waals surface area contributed by atoms with Crippen LogP contribution in [-0.4, -0.2) is 0 Å². The Labute approximate surface area is 136 Å². The average molecular weight is 366 g/mol. The minimum absolute atomic E-state index is 0.231. The number of hydrogen-bond donors (Lipinski definition) is 2. The Kier molecular flexibility index (Phi) is 4.04. The number of rotatable bonds is 3.